The molecule has 4 nitrogen and oxygen atoms in total. The van der Waals surface area contributed by atoms with E-state index in [1.165, 1.54) is 50.6 Å². The van der Waals surface area contributed by atoms with Gasteiger partial charge in [0.25, 0.3) is 0 Å². The summed E-state index contributed by atoms with van der Waals surface area (Å²) < 4.78 is 6.33. The lowest BCUT2D eigenvalue weighted by atomic mass is 9.91. The monoisotopic (exact) mass is 529 g/mol. The van der Waals surface area contributed by atoms with Crippen LogP contribution in [0, 0.1) is 0 Å². The zero-order valence-corrected chi connectivity index (χ0v) is 22.5. The van der Waals surface area contributed by atoms with E-state index in [0.717, 1.165) is 47.6 Å². The lowest BCUT2D eigenvalue weighted by Crippen LogP contribution is -2.13. The fraction of sp³-hybridized carbons (Fsp3) is 0.0811. The first-order valence-corrected chi connectivity index (χ1v) is 14.3. The smallest absolute Gasteiger partial charge is 0.201 e. The van der Waals surface area contributed by atoms with E-state index < -0.39 is 0 Å². The van der Waals surface area contributed by atoms with E-state index in [1.54, 1.807) is 0 Å². The van der Waals surface area contributed by atoms with Gasteiger partial charge in [-0.3, -0.25) is 0 Å². The standard InChI is InChI=1S/C37H27N3O/c1-2-9-24(10-3-1)39-22-20-31-32(39)18-19-34-36(31)29-13-5-4-11-26(29)27-12-6-7-15-33(27)40(34)25-16-17-28-30-14-8-21-38-37(30)41-35(28)23-25/h1-19,23,38H,20-22H2. The molecule has 0 atom stereocenters. The van der Waals surface area contributed by atoms with Crippen LogP contribution in [0.1, 0.15) is 11.1 Å². The van der Waals surface area contributed by atoms with Gasteiger partial charge >= 0.3 is 0 Å². The average Bonchev–Trinajstić information content (AvgIpc) is 3.60. The maximum atomic E-state index is 6.33. The molecule has 0 fully saturated rings. The van der Waals surface area contributed by atoms with Gasteiger partial charge in [0.05, 0.1) is 11.4 Å². The number of hydrogen-bond donors (Lipinski definition) is 1. The predicted octanol–water partition coefficient (Wildman–Crippen LogP) is 9.68. The number of nitrogens with zero attached hydrogens (tertiary/aromatic N) is 2. The fourth-order valence-electron chi connectivity index (χ4n) is 6.95. The van der Waals surface area contributed by atoms with Gasteiger partial charge in [-0.2, -0.15) is 0 Å². The first kappa shape index (κ1) is 22.6. The molecule has 0 radical (unpaired) electrons. The summed E-state index contributed by atoms with van der Waals surface area (Å²) in [5.41, 5.74) is 14.5. The Bertz CT molecular complexity index is 2020. The van der Waals surface area contributed by atoms with Gasteiger partial charge in [-0.05, 0) is 65.6 Å². The molecule has 0 bridgehead atoms. The Labute approximate surface area is 238 Å². The molecule has 4 heterocycles. The Balaban J connectivity index is 1.32. The fourth-order valence-corrected chi connectivity index (χ4v) is 6.95. The summed E-state index contributed by atoms with van der Waals surface area (Å²) in [6, 6.07) is 39.7. The second-order valence-corrected chi connectivity index (χ2v) is 10.9. The number of para-hydroxylation sites is 2. The maximum absolute atomic E-state index is 6.33. The van der Waals surface area contributed by atoms with Crippen LogP contribution < -0.4 is 15.1 Å². The lowest BCUT2D eigenvalue weighted by molar-refractivity contribution is 0.628. The summed E-state index contributed by atoms with van der Waals surface area (Å²) in [6.07, 6.45) is 5.29. The van der Waals surface area contributed by atoms with Crippen molar-refractivity contribution in [2.75, 3.05) is 28.2 Å². The van der Waals surface area contributed by atoms with E-state index in [4.69, 9.17) is 4.42 Å². The summed E-state index contributed by atoms with van der Waals surface area (Å²) in [6.45, 7) is 1.76. The number of fused-ring (bicyclic) bond motifs is 10. The van der Waals surface area contributed by atoms with Gasteiger partial charge < -0.3 is 19.5 Å². The van der Waals surface area contributed by atoms with Crippen LogP contribution in [-0.2, 0) is 6.42 Å². The Kier molecular flexibility index (Phi) is 4.76. The zero-order chi connectivity index (χ0) is 26.9. The first-order chi connectivity index (χ1) is 20.3. The van der Waals surface area contributed by atoms with E-state index >= 15 is 0 Å². The second-order valence-electron chi connectivity index (χ2n) is 10.9. The highest BCUT2D eigenvalue weighted by Gasteiger charge is 2.32. The highest BCUT2D eigenvalue weighted by atomic mass is 16.3. The van der Waals surface area contributed by atoms with Crippen molar-refractivity contribution in [2.45, 2.75) is 6.42 Å². The van der Waals surface area contributed by atoms with Crippen molar-refractivity contribution in [2.24, 2.45) is 0 Å². The van der Waals surface area contributed by atoms with Crippen LogP contribution in [0.25, 0.3) is 39.3 Å². The van der Waals surface area contributed by atoms with E-state index in [9.17, 15) is 0 Å². The Morgan fingerprint density at radius 2 is 1.44 bits per heavy atom. The average molecular weight is 530 g/mol. The minimum Gasteiger partial charge on any atom is -0.440 e. The molecule has 0 spiro atoms. The first-order valence-electron chi connectivity index (χ1n) is 14.3. The molecule has 0 amide bonds. The van der Waals surface area contributed by atoms with Gasteiger partial charge in [0.15, 0.2) is 0 Å². The summed E-state index contributed by atoms with van der Waals surface area (Å²) in [4.78, 5) is 4.89. The molecule has 0 saturated carbocycles. The van der Waals surface area contributed by atoms with Crippen LogP contribution >= 0.6 is 0 Å². The Morgan fingerprint density at radius 3 is 2.34 bits per heavy atom. The molecule has 9 rings (SSSR count). The lowest BCUT2D eigenvalue weighted by Gasteiger charge is -2.28. The number of nitrogens with one attached hydrogen (secondary N) is 1. The normalized spacial score (nSPS) is 14.5. The van der Waals surface area contributed by atoms with Gasteiger partial charge in [-0.25, -0.2) is 0 Å². The third-order valence-corrected chi connectivity index (χ3v) is 8.72. The van der Waals surface area contributed by atoms with Crippen LogP contribution in [0.5, 0.6) is 0 Å². The molecular weight excluding hydrogens is 502 g/mol. The SMILES string of the molecule is C1=Cc2c(oc3cc(N4c5ccccc5-c5ccccc5-c5c4ccc4c5CCN4c4ccccc4)ccc23)NC1. The molecular formula is C37H27N3O. The number of furan rings is 1. The van der Waals surface area contributed by atoms with Crippen molar-refractivity contribution in [3.63, 3.8) is 0 Å². The summed E-state index contributed by atoms with van der Waals surface area (Å²) in [7, 11) is 0. The van der Waals surface area contributed by atoms with Crippen LogP contribution in [0.3, 0.4) is 0 Å². The van der Waals surface area contributed by atoms with Crippen LogP contribution in [-0.4, -0.2) is 13.1 Å². The minimum atomic E-state index is 0.788. The van der Waals surface area contributed by atoms with Crippen molar-refractivity contribution in [3.05, 3.63) is 126 Å². The van der Waals surface area contributed by atoms with Crippen LogP contribution in [0.15, 0.2) is 120 Å². The van der Waals surface area contributed by atoms with Gasteiger partial charge in [-0.1, -0.05) is 72.8 Å². The largest absolute Gasteiger partial charge is 0.440 e. The van der Waals surface area contributed by atoms with Crippen LogP contribution in [0.4, 0.5) is 34.3 Å². The molecule has 0 unspecified atom stereocenters. The summed E-state index contributed by atoms with van der Waals surface area (Å²) in [5, 5.41) is 4.51. The molecule has 3 aliphatic heterocycles. The molecule has 0 saturated heterocycles. The highest BCUT2D eigenvalue weighted by molar-refractivity contribution is 6.06. The number of hydrogen-bond acceptors (Lipinski definition) is 4. The van der Waals surface area contributed by atoms with Gasteiger partial charge in [0, 0.05) is 58.3 Å². The van der Waals surface area contributed by atoms with E-state index in [2.05, 4.69) is 136 Å². The summed E-state index contributed by atoms with van der Waals surface area (Å²) >= 11 is 0. The molecule has 1 aromatic heterocycles. The van der Waals surface area contributed by atoms with Gasteiger partial charge in [0.2, 0.25) is 5.88 Å². The number of rotatable bonds is 2. The minimum absolute atomic E-state index is 0.788. The molecule has 4 heteroatoms. The summed E-state index contributed by atoms with van der Waals surface area (Å²) in [5.74, 6) is 0.850. The third kappa shape index (κ3) is 3.28. The molecule has 196 valence electrons. The molecule has 1 N–H and O–H groups in total. The van der Waals surface area contributed by atoms with Crippen molar-refractivity contribution < 1.29 is 4.42 Å². The van der Waals surface area contributed by atoms with Gasteiger partial charge in [-0.15, -0.1) is 0 Å². The molecule has 0 aliphatic carbocycles. The predicted molar refractivity (Wildman–Crippen MR) is 170 cm³/mol. The van der Waals surface area contributed by atoms with E-state index in [1.807, 2.05) is 0 Å². The molecule has 5 aromatic carbocycles. The Morgan fingerprint density at radius 1 is 0.659 bits per heavy atom. The van der Waals surface area contributed by atoms with Crippen molar-refractivity contribution >= 4 is 51.4 Å². The molecule has 41 heavy (non-hydrogen) atoms. The van der Waals surface area contributed by atoms with E-state index in [-0.39, 0.29) is 0 Å². The highest BCUT2D eigenvalue weighted by Crippen LogP contribution is 2.55. The van der Waals surface area contributed by atoms with Crippen molar-refractivity contribution in [1.29, 1.82) is 0 Å². The molecule has 6 aromatic rings. The third-order valence-electron chi connectivity index (χ3n) is 8.72. The van der Waals surface area contributed by atoms with Crippen molar-refractivity contribution in [1.82, 2.24) is 0 Å². The quantitative estimate of drug-likeness (QED) is 0.242. The number of anilines is 6. The number of benzene rings is 5. The van der Waals surface area contributed by atoms with Crippen molar-refractivity contribution in [3.8, 4) is 22.3 Å². The zero-order valence-electron chi connectivity index (χ0n) is 22.5. The second kappa shape index (κ2) is 8.64. The van der Waals surface area contributed by atoms with Gasteiger partial charge in [0.1, 0.15) is 5.58 Å². The van der Waals surface area contributed by atoms with E-state index in [0.29, 0.717) is 0 Å². The molecule has 3 aliphatic rings. The topological polar surface area (TPSA) is 31.7 Å². The van der Waals surface area contributed by atoms with Crippen LogP contribution in [0.2, 0.25) is 0 Å². The maximum Gasteiger partial charge on any atom is 0.201 e. The Hall–Kier alpha value is -5.22.